The second-order valence-corrected chi connectivity index (χ2v) is 2.79. The summed E-state index contributed by atoms with van der Waals surface area (Å²) in [5.41, 5.74) is 2.62. The molecule has 1 aromatic heterocycles. The van der Waals surface area contributed by atoms with Crippen molar-refractivity contribution >= 4 is 11.1 Å². The Morgan fingerprint density at radius 1 is 1.54 bits per heavy atom. The molecule has 64 valence electrons. The summed E-state index contributed by atoms with van der Waals surface area (Å²) in [5.74, 6) is 0.128. The molecule has 0 atom stereocenters. The normalized spacial score (nSPS) is 10.2. The topological polar surface area (TPSA) is 49.8 Å². The largest absolute Gasteiger partial charge is 0.428 e. The zero-order chi connectivity index (χ0) is 9.26. The summed E-state index contributed by atoms with van der Waals surface area (Å²) in [7, 11) is 0. The van der Waals surface area contributed by atoms with E-state index in [0.717, 1.165) is 11.9 Å². The van der Waals surface area contributed by atoms with Crippen LogP contribution in [-0.2, 0) is 6.42 Å². The second kappa shape index (κ2) is 2.91. The van der Waals surface area contributed by atoms with Gasteiger partial charge >= 0.3 is 5.89 Å². The molecule has 0 amide bonds. The number of oxazole rings is 1. The van der Waals surface area contributed by atoms with Gasteiger partial charge < -0.3 is 4.42 Å². The van der Waals surface area contributed by atoms with Crippen molar-refractivity contribution in [2.24, 2.45) is 0 Å². The molecule has 0 bridgehead atoms. The number of hydrogen-bond acceptors (Lipinski definition) is 3. The Bertz CT molecular complexity index is 479. The van der Waals surface area contributed by atoms with Gasteiger partial charge in [0.1, 0.15) is 5.52 Å². The van der Waals surface area contributed by atoms with Crippen LogP contribution in [0.4, 0.5) is 0 Å². The van der Waals surface area contributed by atoms with Crippen molar-refractivity contribution in [1.29, 1.82) is 5.26 Å². The molecule has 3 nitrogen and oxygen atoms in total. The molecule has 0 saturated carbocycles. The van der Waals surface area contributed by atoms with Crippen LogP contribution in [0.2, 0.25) is 0 Å². The number of rotatable bonds is 1. The quantitative estimate of drug-likeness (QED) is 0.662. The number of nitrogens with zero attached hydrogens (tertiary/aromatic N) is 2. The molecule has 0 aliphatic rings. The highest BCUT2D eigenvalue weighted by molar-refractivity contribution is 5.73. The summed E-state index contributed by atoms with van der Waals surface area (Å²) in [4.78, 5) is 3.98. The van der Waals surface area contributed by atoms with Crippen LogP contribution < -0.4 is 0 Å². The Hall–Kier alpha value is -1.82. The van der Waals surface area contributed by atoms with Crippen LogP contribution in [0.3, 0.4) is 0 Å². The molecule has 0 saturated heterocycles. The number of nitriles is 1. The molecule has 0 spiro atoms. The number of aromatic nitrogens is 1. The standard InChI is InChI=1S/C10H8N2O/c1-2-7-3-4-8-9(5-7)13-10(6-11)12-8/h3-5H,2H2,1H3. The van der Waals surface area contributed by atoms with E-state index in [1.165, 1.54) is 5.56 Å². The molecule has 0 fully saturated rings. The molecule has 2 aromatic rings. The minimum atomic E-state index is 0.128. The van der Waals surface area contributed by atoms with Crippen molar-refractivity contribution in [1.82, 2.24) is 4.98 Å². The van der Waals surface area contributed by atoms with Crippen molar-refractivity contribution in [2.45, 2.75) is 13.3 Å². The van der Waals surface area contributed by atoms with Crippen molar-refractivity contribution < 1.29 is 4.42 Å². The summed E-state index contributed by atoms with van der Waals surface area (Å²) in [6.45, 7) is 2.07. The Kier molecular flexibility index (Phi) is 1.75. The highest BCUT2D eigenvalue weighted by Gasteiger charge is 2.04. The van der Waals surface area contributed by atoms with Gasteiger partial charge in [-0.1, -0.05) is 13.0 Å². The van der Waals surface area contributed by atoms with Gasteiger partial charge in [-0.25, -0.2) is 0 Å². The van der Waals surface area contributed by atoms with E-state index >= 15 is 0 Å². The van der Waals surface area contributed by atoms with Gasteiger partial charge in [-0.05, 0) is 24.1 Å². The highest BCUT2D eigenvalue weighted by atomic mass is 16.3. The third-order valence-electron chi connectivity index (χ3n) is 1.96. The zero-order valence-electron chi connectivity index (χ0n) is 7.24. The van der Waals surface area contributed by atoms with E-state index in [1.807, 2.05) is 24.3 Å². The van der Waals surface area contributed by atoms with Gasteiger partial charge in [-0.3, -0.25) is 0 Å². The molecule has 0 aliphatic heterocycles. The van der Waals surface area contributed by atoms with Gasteiger partial charge in [-0.15, -0.1) is 0 Å². The summed E-state index contributed by atoms with van der Waals surface area (Å²) in [6.07, 6.45) is 0.957. The fraction of sp³-hybridized carbons (Fsp3) is 0.200. The third kappa shape index (κ3) is 1.27. The molecular formula is C10H8N2O. The molecule has 2 rings (SSSR count). The number of fused-ring (bicyclic) bond motifs is 1. The fourth-order valence-corrected chi connectivity index (χ4v) is 1.24. The monoisotopic (exact) mass is 172 g/mol. The van der Waals surface area contributed by atoms with Crippen molar-refractivity contribution in [3.63, 3.8) is 0 Å². The van der Waals surface area contributed by atoms with Crippen LogP contribution in [-0.4, -0.2) is 4.98 Å². The van der Waals surface area contributed by atoms with E-state index < -0.39 is 0 Å². The molecule has 1 aromatic carbocycles. The summed E-state index contributed by atoms with van der Waals surface area (Å²) in [5, 5.41) is 8.56. The number of benzene rings is 1. The number of aryl methyl sites for hydroxylation is 1. The Morgan fingerprint density at radius 3 is 3.08 bits per heavy atom. The maximum atomic E-state index is 8.56. The van der Waals surface area contributed by atoms with Gasteiger partial charge in [0.05, 0.1) is 0 Å². The lowest BCUT2D eigenvalue weighted by molar-refractivity contribution is 0.583. The molecule has 13 heavy (non-hydrogen) atoms. The van der Waals surface area contributed by atoms with Gasteiger partial charge in [0, 0.05) is 0 Å². The first-order valence-electron chi connectivity index (χ1n) is 4.13. The van der Waals surface area contributed by atoms with E-state index in [1.54, 1.807) is 0 Å². The smallest absolute Gasteiger partial charge is 0.301 e. The van der Waals surface area contributed by atoms with E-state index in [9.17, 15) is 0 Å². The van der Waals surface area contributed by atoms with E-state index in [0.29, 0.717) is 5.58 Å². The Balaban J connectivity index is 2.65. The third-order valence-corrected chi connectivity index (χ3v) is 1.96. The van der Waals surface area contributed by atoms with Crippen molar-refractivity contribution in [3.8, 4) is 6.07 Å². The van der Waals surface area contributed by atoms with Crippen molar-refractivity contribution in [2.75, 3.05) is 0 Å². The Labute approximate surface area is 75.6 Å². The lowest BCUT2D eigenvalue weighted by Crippen LogP contribution is -1.77. The number of hydrogen-bond donors (Lipinski definition) is 0. The lowest BCUT2D eigenvalue weighted by atomic mass is 10.1. The first kappa shape index (κ1) is 7.81. The van der Waals surface area contributed by atoms with E-state index in [4.69, 9.17) is 9.68 Å². The van der Waals surface area contributed by atoms with Crippen LogP contribution in [0.5, 0.6) is 0 Å². The summed E-state index contributed by atoms with van der Waals surface area (Å²) in [6, 6.07) is 7.66. The molecule has 1 heterocycles. The van der Waals surface area contributed by atoms with Gasteiger partial charge in [0.25, 0.3) is 0 Å². The second-order valence-electron chi connectivity index (χ2n) is 2.79. The molecule has 0 unspecified atom stereocenters. The van der Waals surface area contributed by atoms with Gasteiger partial charge in [-0.2, -0.15) is 10.2 Å². The zero-order valence-corrected chi connectivity index (χ0v) is 7.24. The maximum absolute atomic E-state index is 8.56. The lowest BCUT2D eigenvalue weighted by Gasteiger charge is -1.92. The van der Waals surface area contributed by atoms with Crippen LogP contribution in [0.1, 0.15) is 18.4 Å². The minimum absolute atomic E-state index is 0.128. The predicted molar refractivity (Wildman–Crippen MR) is 48.1 cm³/mol. The van der Waals surface area contributed by atoms with E-state index in [2.05, 4.69) is 11.9 Å². The molecule has 0 N–H and O–H groups in total. The SMILES string of the molecule is CCc1ccc2nc(C#N)oc2c1. The van der Waals surface area contributed by atoms with Crippen LogP contribution in [0.25, 0.3) is 11.1 Å². The average Bonchev–Trinajstić information content (AvgIpc) is 2.58. The molecule has 0 aliphatic carbocycles. The summed E-state index contributed by atoms with van der Waals surface area (Å²) >= 11 is 0. The molecular weight excluding hydrogens is 164 g/mol. The van der Waals surface area contributed by atoms with Crippen LogP contribution >= 0.6 is 0 Å². The van der Waals surface area contributed by atoms with Crippen molar-refractivity contribution in [3.05, 3.63) is 29.7 Å². The molecule has 0 radical (unpaired) electrons. The van der Waals surface area contributed by atoms with E-state index in [-0.39, 0.29) is 5.89 Å². The predicted octanol–water partition coefficient (Wildman–Crippen LogP) is 2.26. The minimum Gasteiger partial charge on any atom is -0.428 e. The van der Waals surface area contributed by atoms with Gasteiger partial charge in [0.2, 0.25) is 0 Å². The first-order valence-corrected chi connectivity index (χ1v) is 4.13. The Morgan fingerprint density at radius 2 is 2.38 bits per heavy atom. The maximum Gasteiger partial charge on any atom is 0.301 e. The fourth-order valence-electron chi connectivity index (χ4n) is 1.24. The van der Waals surface area contributed by atoms with Crippen LogP contribution in [0, 0.1) is 11.3 Å². The average molecular weight is 172 g/mol. The summed E-state index contributed by atoms with van der Waals surface area (Å²) < 4.78 is 5.19. The highest BCUT2D eigenvalue weighted by Crippen LogP contribution is 2.16. The molecule has 3 heteroatoms. The van der Waals surface area contributed by atoms with Gasteiger partial charge in [0.15, 0.2) is 11.7 Å². The first-order chi connectivity index (χ1) is 6.33. The van der Waals surface area contributed by atoms with Crippen LogP contribution in [0.15, 0.2) is 22.6 Å².